The molecule has 1 aliphatic rings. The van der Waals surface area contributed by atoms with Crippen molar-refractivity contribution in [3.63, 3.8) is 0 Å². The highest BCUT2D eigenvalue weighted by atomic mass is 32.1. The van der Waals surface area contributed by atoms with Gasteiger partial charge in [-0.2, -0.15) is 0 Å². The Labute approximate surface area is 149 Å². The summed E-state index contributed by atoms with van der Waals surface area (Å²) in [4.78, 5) is 16.7. The van der Waals surface area contributed by atoms with Gasteiger partial charge in [0.25, 0.3) is 0 Å². The fourth-order valence-electron chi connectivity index (χ4n) is 2.77. The van der Waals surface area contributed by atoms with Crippen molar-refractivity contribution in [1.29, 1.82) is 0 Å². The van der Waals surface area contributed by atoms with Crippen molar-refractivity contribution in [3.05, 3.63) is 29.4 Å². The minimum Gasteiger partial charge on any atom is -0.494 e. The van der Waals surface area contributed by atoms with Gasteiger partial charge >= 0.3 is 0 Å². The van der Waals surface area contributed by atoms with Crippen molar-refractivity contribution in [1.82, 2.24) is 4.98 Å². The van der Waals surface area contributed by atoms with Gasteiger partial charge in [0.15, 0.2) is 16.7 Å². The van der Waals surface area contributed by atoms with E-state index >= 15 is 0 Å². The number of hydrogen-bond acceptors (Lipinski definition) is 6. The lowest BCUT2D eigenvalue weighted by Crippen LogP contribution is -2.43. The number of hydrogen-bond donors (Lipinski definition) is 2. The van der Waals surface area contributed by atoms with E-state index in [9.17, 15) is 9.18 Å². The molecule has 1 aromatic heterocycles. The third-order valence-corrected chi connectivity index (χ3v) is 5.02. The van der Waals surface area contributed by atoms with Crippen LogP contribution in [-0.4, -0.2) is 37.3 Å². The molecule has 0 aliphatic carbocycles. The average molecular weight is 365 g/mol. The summed E-state index contributed by atoms with van der Waals surface area (Å²) in [5.74, 6) is -0.423. The maximum atomic E-state index is 13.8. The normalized spacial score (nSPS) is 16.4. The van der Waals surface area contributed by atoms with Crippen LogP contribution in [-0.2, 0) is 9.53 Å². The summed E-state index contributed by atoms with van der Waals surface area (Å²) >= 11 is 1.28. The second kappa shape index (κ2) is 7.90. The molecule has 134 valence electrons. The molecule has 3 rings (SSSR count). The summed E-state index contributed by atoms with van der Waals surface area (Å²) in [6, 6.07) is 4.03. The number of anilines is 1. The summed E-state index contributed by atoms with van der Waals surface area (Å²) in [6.45, 7) is 1.27. The molecule has 2 heterocycles. The van der Waals surface area contributed by atoms with Gasteiger partial charge in [0.05, 0.1) is 18.8 Å². The van der Waals surface area contributed by atoms with Crippen molar-refractivity contribution < 1.29 is 18.7 Å². The first-order valence-electron chi connectivity index (χ1n) is 8.02. The zero-order chi connectivity index (χ0) is 17.8. The van der Waals surface area contributed by atoms with Crippen molar-refractivity contribution in [2.75, 3.05) is 25.6 Å². The molecular formula is C17H20FN3O3S. The predicted molar refractivity (Wildman–Crippen MR) is 94.2 cm³/mol. The van der Waals surface area contributed by atoms with E-state index < -0.39 is 11.9 Å². The maximum Gasteiger partial charge on any atom is 0.243 e. The molecule has 0 spiro atoms. The predicted octanol–water partition coefficient (Wildman–Crippen LogP) is 2.65. The van der Waals surface area contributed by atoms with Crippen LogP contribution >= 0.6 is 11.3 Å². The van der Waals surface area contributed by atoms with E-state index in [1.54, 1.807) is 17.5 Å². The maximum absolute atomic E-state index is 13.8. The van der Waals surface area contributed by atoms with Gasteiger partial charge in [0, 0.05) is 24.2 Å². The molecule has 2 aromatic rings. The highest BCUT2D eigenvalue weighted by Crippen LogP contribution is 2.28. The lowest BCUT2D eigenvalue weighted by atomic mass is 9.92. The molecule has 0 radical (unpaired) electrons. The van der Waals surface area contributed by atoms with E-state index in [0.717, 1.165) is 12.8 Å². The van der Waals surface area contributed by atoms with Crippen molar-refractivity contribution in [2.24, 2.45) is 11.7 Å². The lowest BCUT2D eigenvalue weighted by molar-refractivity contribution is -0.119. The van der Waals surface area contributed by atoms with Crippen LogP contribution in [0.25, 0.3) is 11.3 Å². The van der Waals surface area contributed by atoms with E-state index in [1.807, 2.05) is 0 Å². The molecule has 3 N–H and O–H groups in total. The molecule has 1 aliphatic heterocycles. The number of thiazole rings is 1. The number of carbonyl (C=O) groups is 1. The summed E-state index contributed by atoms with van der Waals surface area (Å²) in [5.41, 5.74) is 7.25. The summed E-state index contributed by atoms with van der Waals surface area (Å²) in [5, 5.41) is 4.95. The second-order valence-corrected chi connectivity index (χ2v) is 6.71. The Hall–Kier alpha value is -2.03. The third-order valence-electron chi connectivity index (χ3n) is 4.26. The van der Waals surface area contributed by atoms with Gasteiger partial charge in [-0.05, 0) is 37.0 Å². The lowest BCUT2D eigenvalue weighted by Gasteiger charge is -2.26. The smallest absolute Gasteiger partial charge is 0.243 e. The molecule has 1 fully saturated rings. The quantitative estimate of drug-likeness (QED) is 0.851. The zero-order valence-corrected chi connectivity index (χ0v) is 14.6. The third kappa shape index (κ3) is 4.15. The first kappa shape index (κ1) is 17.8. The summed E-state index contributed by atoms with van der Waals surface area (Å²) in [6.07, 6.45) is 1.56. The van der Waals surface area contributed by atoms with Crippen LogP contribution in [0.15, 0.2) is 23.6 Å². The van der Waals surface area contributed by atoms with Crippen molar-refractivity contribution in [3.8, 4) is 17.0 Å². The number of nitrogens with two attached hydrogens (primary N) is 1. The van der Waals surface area contributed by atoms with Crippen molar-refractivity contribution >= 4 is 22.4 Å². The minimum absolute atomic E-state index is 0.115. The van der Waals surface area contributed by atoms with Gasteiger partial charge < -0.3 is 20.5 Å². The molecule has 0 saturated carbocycles. The molecule has 1 atom stereocenters. The average Bonchev–Trinajstić information content (AvgIpc) is 3.10. The van der Waals surface area contributed by atoms with Crippen LogP contribution in [0.3, 0.4) is 0 Å². The van der Waals surface area contributed by atoms with Crippen LogP contribution in [0.4, 0.5) is 9.52 Å². The highest BCUT2D eigenvalue weighted by molar-refractivity contribution is 7.14. The van der Waals surface area contributed by atoms with E-state index in [0.29, 0.717) is 29.6 Å². The molecule has 6 nitrogen and oxygen atoms in total. The molecule has 8 heteroatoms. The first-order valence-corrected chi connectivity index (χ1v) is 8.90. The molecular weight excluding hydrogens is 345 g/mol. The minimum atomic E-state index is -0.588. The largest absolute Gasteiger partial charge is 0.494 e. The van der Waals surface area contributed by atoms with Crippen LogP contribution in [0.2, 0.25) is 0 Å². The van der Waals surface area contributed by atoms with E-state index in [4.69, 9.17) is 15.2 Å². The van der Waals surface area contributed by atoms with E-state index in [-0.39, 0.29) is 17.6 Å². The Morgan fingerprint density at radius 2 is 2.24 bits per heavy atom. The second-order valence-electron chi connectivity index (χ2n) is 5.85. The Morgan fingerprint density at radius 3 is 2.92 bits per heavy atom. The van der Waals surface area contributed by atoms with Gasteiger partial charge in [-0.1, -0.05) is 0 Å². The molecule has 1 aromatic carbocycles. The highest BCUT2D eigenvalue weighted by Gasteiger charge is 2.27. The van der Waals surface area contributed by atoms with Gasteiger partial charge in [0.2, 0.25) is 5.91 Å². The fraction of sp³-hybridized carbons (Fsp3) is 0.412. The van der Waals surface area contributed by atoms with Gasteiger partial charge in [-0.3, -0.25) is 4.79 Å². The Morgan fingerprint density at radius 1 is 1.48 bits per heavy atom. The Balaban J connectivity index is 1.67. The standard InChI is InChI=1S/C17H20FN3O3S/c1-23-14-3-2-11(8-12(14)18)13-9-25-17(20-13)21-16(22)15(19)10-4-6-24-7-5-10/h2-3,8-10,15H,4-7,19H2,1H3,(H,20,21,22). The SMILES string of the molecule is COc1ccc(-c2csc(NC(=O)C(N)C3CCOCC3)n2)cc1F. The van der Waals surface area contributed by atoms with Gasteiger partial charge in [0.1, 0.15) is 0 Å². The Bertz CT molecular complexity index is 746. The van der Waals surface area contributed by atoms with E-state index in [2.05, 4.69) is 10.3 Å². The van der Waals surface area contributed by atoms with Gasteiger partial charge in [-0.25, -0.2) is 9.37 Å². The molecule has 1 saturated heterocycles. The number of amides is 1. The van der Waals surface area contributed by atoms with Crippen LogP contribution < -0.4 is 15.8 Å². The van der Waals surface area contributed by atoms with Gasteiger partial charge in [-0.15, -0.1) is 11.3 Å². The molecule has 1 unspecified atom stereocenters. The summed E-state index contributed by atoms with van der Waals surface area (Å²) in [7, 11) is 1.41. The number of halogens is 1. The number of carbonyl (C=O) groups excluding carboxylic acids is 1. The molecule has 1 amide bonds. The zero-order valence-electron chi connectivity index (χ0n) is 13.8. The fourth-order valence-corrected chi connectivity index (χ4v) is 3.49. The summed E-state index contributed by atoms with van der Waals surface area (Å²) < 4.78 is 24.0. The number of aromatic nitrogens is 1. The topological polar surface area (TPSA) is 86.5 Å². The Kier molecular flexibility index (Phi) is 5.62. The monoisotopic (exact) mass is 365 g/mol. The number of nitrogens with zero attached hydrogens (tertiary/aromatic N) is 1. The number of nitrogens with one attached hydrogen (secondary N) is 1. The van der Waals surface area contributed by atoms with E-state index in [1.165, 1.54) is 24.5 Å². The van der Waals surface area contributed by atoms with Crippen LogP contribution in [0, 0.1) is 11.7 Å². The number of benzene rings is 1. The number of rotatable bonds is 5. The first-order chi connectivity index (χ1) is 12.1. The van der Waals surface area contributed by atoms with Crippen molar-refractivity contribution in [2.45, 2.75) is 18.9 Å². The van der Waals surface area contributed by atoms with Crippen LogP contribution in [0.1, 0.15) is 12.8 Å². The molecule has 25 heavy (non-hydrogen) atoms. The molecule has 0 bridgehead atoms. The number of methoxy groups -OCH3 is 1. The van der Waals surface area contributed by atoms with Crippen LogP contribution in [0.5, 0.6) is 5.75 Å². The number of ether oxygens (including phenoxy) is 2.